The minimum Gasteiger partial charge on any atom is -0.261 e. The molecule has 0 N–H and O–H groups in total. The average molecular weight is 175 g/mol. The number of pyridine rings is 1. The fourth-order valence-electron chi connectivity index (χ4n) is 0.939. The van der Waals surface area contributed by atoms with Gasteiger partial charge in [0.1, 0.15) is 0 Å². The second kappa shape index (κ2) is 6.18. The first kappa shape index (κ1) is 11.6. The molecule has 0 bridgehead atoms. The van der Waals surface area contributed by atoms with E-state index in [0.717, 1.165) is 16.8 Å². The largest absolute Gasteiger partial charge is 0.261 e. The zero-order valence-electron chi connectivity index (χ0n) is 8.67. The highest BCUT2D eigenvalue weighted by atomic mass is 14.7. The van der Waals surface area contributed by atoms with E-state index >= 15 is 0 Å². The van der Waals surface area contributed by atoms with E-state index in [1.54, 1.807) is 12.3 Å². The molecule has 1 aromatic heterocycles. The Bertz CT molecular complexity index is 287. The van der Waals surface area contributed by atoms with Gasteiger partial charge in [-0.25, -0.2) is 0 Å². The summed E-state index contributed by atoms with van der Waals surface area (Å²) in [6.07, 6.45) is 5.40. The second-order valence-corrected chi connectivity index (χ2v) is 2.36. The van der Waals surface area contributed by atoms with E-state index in [-0.39, 0.29) is 0 Å². The molecule has 1 rings (SSSR count). The highest BCUT2D eigenvalue weighted by Gasteiger charge is 1.94. The van der Waals surface area contributed by atoms with Crippen molar-refractivity contribution in [3.05, 3.63) is 42.2 Å². The number of rotatable bonds is 2. The van der Waals surface area contributed by atoms with Gasteiger partial charge in [0.2, 0.25) is 0 Å². The first-order valence-corrected chi connectivity index (χ1v) is 4.49. The SMILES string of the molecule is C=Cc1cnc(C)cc1C=C.CC. The van der Waals surface area contributed by atoms with Crippen molar-refractivity contribution in [3.8, 4) is 0 Å². The van der Waals surface area contributed by atoms with E-state index in [1.165, 1.54) is 0 Å². The van der Waals surface area contributed by atoms with Gasteiger partial charge in [-0.3, -0.25) is 4.98 Å². The van der Waals surface area contributed by atoms with Gasteiger partial charge in [0, 0.05) is 11.9 Å². The van der Waals surface area contributed by atoms with E-state index < -0.39 is 0 Å². The van der Waals surface area contributed by atoms with Crippen molar-refractivity contribution in [1.82, 2.24) is 4.98 Å². The summed E-state index contributed by atoms with van der Waals surface area (Å²) >= 11 is 0. The number of hydrogen-bond acceptors (Lipinski definition) is 1. The van der Waals surface area contributed by atoms with Gasteiger partial charge in [0.15, 0.2) is 0 Å². The molecule has 1 aromatic rings. The Balaban J connectivity index is 0.000000671. The van der Waals surface area contributed by atoms with Gasteiger partial charge in [-0.1, -0.05) is 39.2 Å². The van der Waals surface area contributed by atoms with Crippen molar-refractivity contribution < 1.29 is 0 Å². The van der Waals surface area contributed by atoms with Crippen LogP contribution in [0.15, 0.2) is 25.4 Å². The van der Waals surface area contributed by atoms with Gasteiger partial charge in [-0.15, -0.1) is 0 Å². The van der Waals surface area contributed by atoms with E-state index in [4.69, 9.17) is 0 Å². The van der Waals surface area contributed by atoms with Crippen LogP contribution >= 0.6 is 0 Å². The Kier molecular flexibility index (Phi) is 5.53. The van der Waals surface area contributed by atoms with Crippen LogP contribution in [0.4, 0.5) is 0 Å². The highest BCUT2D eigenvalue weighted by Crippen LogP contribution is 2.11. The lowest BCUT2D eigenvalue weighted by Crippen LogP contribution is -1.85. The third kappa shape index (κ3) is 3.24. The Labute approximate surface area is 80.8 Å². The molecule has 1 heteroatoms. The lowest BCUT2D eigenvalue weighted by atomic mass is 10.1. The van der Waals surface area contributed by atoms with Crippen LogP contribution in [0.25, 0.3) is 12.2 Å². The molecular weight excluding hydrogens is 158 g/mol. The van der Waals surface area contributed by atoms with E-state index in [2.05, 4.69) is 18.1 Å². The first-order valence-electron chi connectivity index (χ1n) is 4.49. The minimum atomic E-state index is 1.01. The van der Waals surface area contributed by atoms with Crippen molar-refractivity contribution >= 4 is 12.2 Å². The summed E-state index contributed by atoms with van der Waals surface area (Å²) in [5.41, 5.74) is 3.13. The predicted octanol–water partition coefficient (Wildman–Crippen LogP) is 3.70. The van der Waals surface area contributed by atoms with Crippen LogP contribution in [0, 0.1) is 6.92 Å². The third-order valence-electron chi connectivity index (χ3n) is 1.54. The molecular formula is C12H17N. The predicted molar refractivity (Wildman–Crippen MR) is 60.5 cm³/mol. The maximum Gasteiger partial charge on any atom is 0.0379 e. The molecule has 0 saturated carbocycles. The highest BCUT2D eigenvalue weighted by molar-refractivity contribution is 5.62. The zero-order valence-corrected chi connectivity index (χ0v) is 8.67. The smallest absolute Gasteiger partial charge is 0.0379 e. The van der Waals surface area contributed by atoms with Gasteiger partial charge >= 0.3 is 0 Å². The van der Waals surface area contributed by atoms with Crippen LogP contribution in [0.1, 0.15) is 30.7 Å². The van der Waals surface area contributed by atoms with Crippen LogP contribution in [0.3, 0.4) is 0 Å². The van der Waals surface area contributed by atoms with Crippen molar-refractivity contribution in [2.45, 2.75) is 20.8 Å². The van der Waals surface area contributed by atoms with Gasteiger partial charge in [0.05, 0.1) is 0 Å². The molecule has 0 fully saturated rings. The third-order valence-corrected chi connectivity index (χ3v) is 1.54. The number of hydrogen-bond donors (Lipinski definition) is 0. The number of aromatic nitrogens is 1. The van der Waals surface area contributed by atoms with Crippen molar-refractivity contribution in [3.63, 3.8) is 0 Å². The normalized spacial score (nSPS) is 8.23. The molecule has 0 saturated heterocycles. The molecule has 0 atom stereocenters. The Morgan fingerprint density at radius 1 is 1.15 bits per heavy atom. The van der Waals surface area contributed by atoms with Crippen LogP contribution in [-0.2, 0) is 0 Å². The van der Waals surface area contributed by atoms with Crippen LogP contribution < -0.4 is 0 Å². The zero-order chi connectivity index (χ0) is 10.3. The van der Waals surface area contributed by atoms with Gasteiger partial charge in [-0.05, 0) is 24.1 Å². The quantitative estimate of drug-likeness (QED) is 0.667. The molecule has 0 aliphatic heterocycles. The van der Waals surface area contributed by atoms with E-state index in [0.29, 0.717) is 0 Å². The number of nitrogens with zero attached hydrogens (tertiary/aromatic N) is 1. The lowest BCUT2D eigenvalue weighted by molar-refractivity contribution is 1.19. The Morgan fingerprint density at radius 3 is 2.15 bits per heavy atom. The molecule has 1 heterocycles. The van der Waals surface area contributed by atoms with Crippen molar-refractivity contribution in [1.29, 1.82) is 0 Å². The summed E-state index contributed by atoms with van der Waals surface area (Å²) in [6, 6.07) is 1.99. The molecule has 0 aliphatic rings. The molecule has 13 heavy (non-hydrogen) atoms. The minimum absolute atomic E-state index is 1.01. The maximum absolute atomic E-state index is 4.14. The summed E-state index contributed by atoms with van der Waals surface area (Å²) in [6.45, 7) is 13.3. The van der Waals surface area contributed by atoms with Crippen LogP contribution in [0.5, 0.6) is 0 Å². The van der Waals surface area contributed by atoms with Crippen LogP contribution in [0.2, 0.25) is 0 Å². The standard InChI is InChI=1S/C10H11N.C2H6/c1-4-9-6-8(3)11-7-10(9)5-2;1-2/h4-7H,1-2H2,3H3;1-2H3. The summed E-state index contributed by atoms with van der Waals surface area (Å²) in [4.78, 5) is 4.14. The molecule has 70 valence electrons. The van der Waals surface area contributed by atoms with Crippen LogP contribution in [-0.4, -0.2) is 4.98 Å². The summed E-state index contributed by atoms with van der Waals surface area (Å²) < 4.78 is 0. The van der Waals surface area contributed by atoms with E-state index in [9.17, 15) is 0 Å². The topological polar surface area (TPSA) is 12.9 Å². The molecule has 1 nitrogen and oxygen atoms in total. The Hall–Kier alpha value is -1.37. The van der Waals surface area contributed by atoms with Crippen molar-refractivity contribution in [2.75, 3.05) is 0 Å². The monoisotopic (exact) mass is 175 g/mol. The fourth-order valence-corrected chi connectivity index (χ4v) is 0.939. The molecule has 0 amide bonds. The Morgan fingerprint density at radius 2 is 1.69 bits per heavy atom. The summed E-state index contributed by atoms with van der Waals surface area (Å²) in [5.74, 6) is 0. The molecule has 0 unspecified atom stereocenters. The molecule has 0 aliphatic carbocycles. The maximum atomic E-state index is 4.14. The first-order chi connectivity index (χ1) is 6.27. The molecule has 0 spiro atoms. The average Bonchev–Trinajstić information content (AvgIpc) is 2.20. The molecule has 0 aromatic carbocycles. The van der Waals surface area contributed by atoms with E-state index in [1.807, 2.05) is 32.9 Å². The van der Waals surface area contributed by atoms with Gasteiger partial charge in [0.25, 0.3) is 0 Å². The summed E-state index contributed by atoms with van der Waals surface area (Å²) in [5, 5.41) is 0. The second-order valence-electron chi connectivity index (χ2n) is 2.36. The molecule has 0 radical (unpaired) electrons. The number of aryl methyl sites for hydroxylation is 1. The van der Waals surface area contributed by atoms with Gasteiger partial charge in [-0.2, -0.15) is 0 Å². The van der Waals surface area contributed by atoms with Crippen molar-refractivity contribution in [2.24, 2.45) is 0 Å². The van der Waals surface area contributed by atoms with Gasteiger partial charge < -0.3 is 0 Å². The summed E-state index contributed by atoms with van der Waals surface area (Å²) in [7, 11) is 0. The fraction of sp³-hybridized carbons (Fsp3) is 0.250. The lowest BCUT2D eigenvalue weighted by Gasteiger charge is -1.99.